The monoisotopic (exact) mass is 383 g/mol. The Morgan fingerprint density at radius 2 is 2.11 bits per heavy atom. The third-order valence-corrected chi connectivity index (χ3v) is 4.47. The number of H-pyrrole nitrogens is 1. The highest BCUT2D eigenvalue weighted by Crippen LogP contribution is 2.14. The summed E-state index contributed by atoms with van der Waals surface area (Å²) in [6, 6.07) is 7.78. The molecular weight excluding hydrogens is 358 g/mol. The molecule has 0 saturated carbocycles. The van der Waals surface area contributed by atoms with Gasteiger partial charge in [0.2, 0.25) is 0 Å². The third-order valence-electron chi connectivity index (χ3n) is 4.47. The van der Waals surface area contributed by atoms with E-state index in [9.17, 15) is 9.59 Å². The van der Waals surface area contributed by atoms with Gasteiger partial charge >= 0.3 is 0 Å². The summed E-state index contributed by atoms with van der Waals surface area (Å²) in [5, 5.41) is 0. The molecule has 1 amide bonds. The molecule has 1 saturated heterocycles. The maximum absolute atomic E-state index is 11.8. The Kier molecular flexibility index (Phi) is 6.73. The Labute approximate surface area is 164 Å². The average molecular weight is 383 g/mol. The van der Waals surface area contributed by atoms with Crippen molar-refractivity contribution >= 4 is 17.8 Å². The number of imidazole rings is 1. The minimum Gasteiger partial charge on any atom is -0.350 e. The molecule has 1 aliphatic heterocycles. The molecule has 0 radical (unpaired) electrons. The molecule has 3 rings (SSSR count). The molecule has 1 aliphatic rings. The van der Waals surface area contributed by atoms with Crippen molar-refractivity contribution in [2.24, 2.45) is 0 Å². The molecule has 1 aromatic carbocycles. The minimum atomic E-state index is -0.362. The minimum absolute atomic E-state index is 0.0437. The van der Waals surface area contributed by atoms with Gasteiger partial charge in [0.05, 0.1) is 0 Å². The second kappa shape index (κ2) is 9.43. The first kappa shape index (κ1) is 20.0. The number of ether oxygens (including phenoxy) is 1. The molecule has 0 bridgehead atoms. The quantitative estimate of drug-likeness (QED) is 0.435. The van der Waals surface area contributed by atoms with Gasteiger partial charge in [0.25, 0.3) is 5.91 Å². The van der Waals surface area contributed by atoms with Crippen molar-refractivity contribution in [2.75, 3.05) is 6.61 Å². The van der Waals surface area contributed by atoms with Gasteiger partial charge in [-0.2, -0.15) is 0 Å². The number of benzene rings is 1. The second-order valence-electron chi connectivity index (χ2n) is 6.85. The highest BCUT2D eigenvalue weighted by Gasteiger charge is 2.15. The first-order valence-corrected chi connectivity index (χ1v) is 9.42. The molecule has 28 heavy (non-hydrogen) atoms. The van der Waals surface area contributed by atoms with Gasteiger partial charge in [-0.15, -0.1) is 0 Å². The van der Waals surface area contributed by atoms with Crippen LogP contribution in [-0.2, 0) is 20.8 Å². The van der Waals surface area contributed by atoms with Gasteiger partial charge in [0.1, 0.15) is 11.5 Å². The van der Waals surface area contributed by atoms with Gasteiger partial charge in [-0.25, -0.2) is 15.3 Å². The summed E-state index contributed by atoms with van der Waals surface area (Å²) in [6.07, 6.45) is 6.24. The zero-order chi connectivity index (χ0) is 19.9. The summed E-state index contributed by atoms with van der Waals surface area (Å²) in [7, 11) is 0. The number of aromatic amines is 1. The summed E-state index contributed by atoms with van der Waals surface area (Å²) in [5.41, 5.74) is 5.62. The second-order valence-corrected chi connectivity index (χ2v) is 6.85. The Morgan fingerprint density at radius 3 is 2.75 bits per heavy atom. The Hall–Kier alpha value is -2.77. The maximum Gasteiger partial charge on any atom is 0.267 e. The lowest BCUT2D eigenvalue weighted by Crippen LogP contribution is -2.32. The van der Waals surface area contributed by atoms with Gasteiger partial charge in [0.15, 0.2) is 12.1 Å². The number of nitrogens with one attached hydrogen (secondary N) is 2. The number of carbonyl (C=O) groups is 2. The molecule has 2 N–H and O–H groups in total. The summed E-state index contributed by atoms with van der Waals surface area (Å²) in [4.78, 5) is 36.1. The summed E-state index contributed by atoms with van der Waals surface area (Å²) >= 11 is 0. The highest BCUT2D eigenvalue weighted by atomic mass is 16.8. The van der Waals surface area contributed by atoms with E-state index in [0.717, 1.165) is 41.9 Å². The van der Waals surface area contributed by atoms with E-state index in [2.05, 4.69) is 15.4 Å². The number of aromatic nitrogens is 2. The van der Waals surface area contributed by atoms with Crippen LogP contribution in [0, 0.1) is 6.92 Å². The van der Waals surface area contributed by atoms with Crippen molar-refractivity contribution < 1.29 is 19.2 Å². The van der Waals surface area contributed by atoms with Gasteiger partial charge in [0, 0.05) is 38.1 Å². The lowest BCUT2D eigenvalue weighted by Gasteiger charge is -2.21. The third kappa shape index (κ3) is 5.61. The van der Waals surface area contributed by atoms with Gasteiger partial charge in [-0.1, -0.05) is 24.3 Å². The van der Waals surface area contributed by atoms with Crippen LogP contribution in [0.3, 0.4) is 0 Å². The van der Waals surface area contributed by atoms with Crippen molar-refractivity contribution in [3.05, 3.63) is 58.7 Å². The number of amides is 1. The van der Waals surface area contributed by atoms with Crippen LogP contribution < -0.4 is 5.48 Å². The molecule has 7 heteroatoms. The van der Waals surface area contributed by atoms with Crippen LogP contribution >= 0.6 is 0 Å². The first-order valence-electron chi connectivity index (χ1n) is 9.42. The first-order chi connectivity index (χ1) is 13.5. The van der Waals surface area contributed by atoms with E-state index in [-0.39, 0.29) is 18.0 Å². The molecular formula is C21H25N3O4. The van der Waals surface area contributed by atoms with Crippen LogP contribution in [0.15, 0.2) is 30.3 Å². The Balaban J connectivity index is 1.50. The molecule has 7 nitrogen and oxygen atoms in total. The van der Waals surface area contributed by atoms with Crippen molar-refractivity contribution in [2.45, 2.75) is 45.8 Å². The van der Waals surface area contributed by atoms with Crippen LogP contribution in [0.1, 0.15) is 59.3 Å². The van der Waals surface area contributed by atoms with E-state index in [1.54, 1.807) is 6.08 Å². The molecule has 1 atom stereocenters. The number of aryl methyl sites for hydroxylation is 1. The number of carbonyl (C=O) groups excluding carboxylic acids is 2. The van der Waals surface area contributed by atoms with Crippen molar-refractivity contribution in [3.63, 3.8) is 0 Å². The van der Waals surface area contributed by atoms with E-state index >= 15 is 0 Å². The van der Waals surface area contributed by atoms with Crippen molar-refractivity contribution in [1.82, 2.24) is 15.4 Å². The van der Waals surface area contributed by atoms with Gasteiger partial charge in [-0.3, -0.25) is 9.59 Å². The smallest absolute Gasteiger partial charge is 0.267 e. The van der Waals surface area contributed by atoms with E-state index in [1.807, 2.05) is 31.2 Å². The Morgan fingerprint density at radius 1 is 1.32 bits per heavy atom. The van der Waals surface area contributed by atoms with Crippen LogP contribution in [-0.4, -0.2) is 34.6 Å². The van der Waals surface area contributed by atoms with Crippen LogP contribution in [0.4, 0.5) is 0 Å². The molecule has 2 aromatic rings. The number of rotatable bonds is 7. The van der Waals surface area contributed by atoms with E-state index < -0.39 is 0 Å². The van der Waals surface area contributed by atoms with Crippen LogP contribution in [0.25, 0.3) is 6.08 Å². The zero-order valence-electron chi connectivity index (χ0n) is 16.2. The van der Waals surface area contributed by atoms with Crippen molar-refractivity contribution in [3.8, 4) is 0 Å². The van der Waals surface area contributed by atoms with E-state index in [0.29, 0.717) is 18.7 Å². The summed E-state index contributed by atoms with van der Waals surface area (Å²) in [5.74, 6) is 0.381. The highest BCUT2D eigenvalue weighted by molar-refractivity contribution is 5.93. The van der Waals surface area contributed by atoms with E-state index in [1.165, 1.54) is 13.0 Å². The number of Topliss-reactive ketones (excluding diaryl/α,β-unsaturated/α-hetero) is 1. The standard InChI is InChI=1S/C21H25N3O4/c1-14-21(15(2)25)23-18(22-14)13-17-8-6-16(7-9-17)10-11-19(26)24-28-20-5-3-4-12-27-20/h6-11,20H,3-5,12-13H2,1-2H3,(H,22,23)(H,24,26)/b11-10+. The van der Waals surface area contributed by atoms with Crippen LogP contribution in [0.2, 0.25) is 0 Å². The molecule has 0 spiro atoms. The molecule has 0 aliphatic carbocycles. The van der Waals surface area contributed by atoms with Crippen LogP contribution in [0.5, 0.6) is 0 Å². The number of hydrogen-bond acceptors (Lipinski definition) is 5. The predicted molar refractivity (Wildman–Crippen MR) is 104 cm³/mol. The van der Waals surface area contributed by atoms with Gasteiger partial charge in [-0.05, 0) is 37.0 Å². The molecule has 2 heterocycles. The molecule has 1 aromatic heterocycles. The SMILES string of the molecule is CC(=O)c1nc(Cc2ccc(/C=C/C(=O)NOC3CCCCO3)cc2)[nH]c1C. The lowest BCUT2D eigenvalue weighted by molar-refractivity contribution is -0.198. The van der Waals surface area contributed by atoms with Gasteiger partial charge < -0.3 is 9.72 Å². The predicted octanol–water partition coefficient (Wildman–Crippen LogP) is 3.10. The van der Waals surface area contributed by atoms with E-state index in [4.69, 9.17) is 9.57 Å². The molecule has 1 fully saturated rings. The fraction of sp³-hybridized carbons (Fsp3) is 0.381. The number of hydroxylamine groups is 1. The molecule has 148 valence electrons. The largest absolute Gasteiger partial charge is 0.350 e. The maximum atomic E-state index is 11.8. The lowest BCUT2D eigenvalue weighted by atomic mass is 10.1. The fourth-order valence-electron chi connectivity index (χ4n) is 3.02. The van der Waals surface area contributed by atoms with Crippen molar-refractivity contribution in [1.29, 1.82) is 0 Å². The molecule has 1 unspecified atom stereocenters. The summed E-state index contributed by atoms with van der Waals surface area (Å²) < 4.78 is 5.39. The average Bonchev–Trinajstić information content (AvgIpc) is 3.07. The Bertz CT molecular complexity index is 849. The topological polar surface area (TPSA) is 93.3 Å². The fourth-order valence-corrected chi connectivity index (χ4v) is 3.02. The summed E-state index contributed by atoms with van der Waals surface area (Å²) in [6.45, 7) is 4.02. The number of nitrogens with zero attached hydrogens (tertiary/aromatic N) is 1. The normalized spacial score (nSPS) is 17.0. The number of ketones is 1. The zero-order valence-corrected chi connectivity index (χ0v) is 16.2. The number of hydrogen-bond donors (Lipinski definition) is 2.